The fourth-order valence-electron chi connectivity index (χ4n) is 1.50. The van der Waals surface area contributed by atoms with Gasteiger partial charge in [-0.25, -0.2) is 8.42 Å². The molecule has 6 heteroatoms. The summed E-state index contributed by atoms with van der Waals surface area (Å²) in [5, 5.41) is 0. The Morgan fingerprint density at radius 2 is 2.19 bits per heavy atom. The van der Waals surface area contributed by atoms with Crippen LogP contribution in [0.15, 0.2) is 12.2 Å². The molecule has 1 rings (SSSR count). The van der Waals surface area contributed by atoms with Gasteiger partial charge in [0, 0.05) is 19.5 Å². The summed E-state index contributed by atoms with van der Waals surface area (Å²) in [5.74, 6) is -0.357. The Bertz CT molecular complexity index is 361. The number of nitrogens with zero attached hydrogens (tertiary/aromatic N) is 1. The van der Waals surface area contributed by atoms with E-state index in [9.17, 15) is 13.2 Å². The van der Waals surface area contributed by atoms with Crippen LogP contribution in [0.2, 0.25) is 0 Å². The summed E-state index contributed by atoms with van der Waals surface area (Å²) in [6, 6.07) is 0. The third-order valence-corrected chi connectivity index (χ3v) is 4.35. The van der Waals surface area contributed by atoms with Crippen LogP contribution in [-0.2, 0) is 19.6 Å². The lowest BCUT2D eigenvalue weighted by molar-refractivity contribution is -0.140. The zero-order chi connectivity index (χ0) is 12.0. The highest BCUT2D eigenvalue weighted by molar-refractivity contribution is 7.89. The largest absolute Gasteiger partial charge is 0.469 e. The van der Waals surface area contributed by atoms with Crippen molar-refractivity contribution in [2.24, 2.45) is 0 Å². The van der Waals surface area contributed by atoms with Crippen molar-refractivity contribution in [2.45, 2.75) is 19.3 Å². The van der Waals surface area contributed by atoms with Crippen molar-refractivity contribution >= 4 is 16.0 Å². The first-order valence-electron chi connectivity index (χ1n) is 5.26. The maximum atomic E-state index is 11.8. The van der Waals surface area contributed by atoms with Gasteiger partial charge in [-0.15, -0.1) is 0 Å². The van der Waals surface area contributed by atoms with Gasteiger partial charge in [0.05, 0.1) is 12.9 Å². The number of rotatable bonds is 5. The van der Waals surface area contributed by atoms with E-state index in [2.05, 4.69) is 4.74 Å². The minimum Gasteiger partial charge on any atom is -0.469 e. The molecule has 0 saturated heterocycles. The van der Waals surface area contributed by atoms with Gasteiger partial charge in [-0.3, -0.25) is 4.79 Å². The van der Waals surface area contributed by atoms with Crippen molar-refractivity contribution in [3.63, 3.8) is 0 Å². The van der Waals surface area contributed by atoms with E-state index in [-0.39, 0.29) is 18.1 Å². The molecule has 1 heterocycles. The van der Waals surface area contributed by atoms with Crippen LogP contribution in [0.5, 0.6) is 0 Å². The third-order valence-electron chi connectivity index (χ3n) is 2.43. The molecule has 0 aromatic rings. The Morgan fingerprint density at radius 3 is 2.75 bits per heavy atom. The first-order chi connectivity index (χ1) is 7.56. The third kappa shape index (κ3) is 3.94. The predicted molar refractivity (Wildman–Crippen MR) is 60.4 cm³/mol. The molecule has 0 atom stereocenters. The molecule has 0 aromatic carbocycles. The average molecular weight is 247 g/mol. The second-order valence-corrected chi connectivity index (χ2v) is 5.70. The van der Waals surface area contributed by atoms with Crippen LogP contribution in [0, 0.1) is 0 Å². The van der Waals surface area contributed by atoms with Crippen LogP contribution in [0.1, 0.15) is 19.3 Å². The van der Waals surface area contributed by atoms with Gasteiger partial charge in [0.25, 0.3) is 0 Å². The molecule has 1 aliphatic rings. The summed E-state index contributed by atoms with van der Waals surface area (Å²) in [5.41, 5.74) is 0. The molecule has 0 N–H and O–H groups in total. The predicted octanol–water partition coefficient (Wildman–Crippen LogP) is 0.531. The van der Waals surface area contributed by atoms with Gasteiger partial charge in [-0.1, -0.05) is 12.2 Å². The lowest BCUT2D eigenvalue weighted by Crippen LogP contribution is -2.35. The van der Waals surface area contributed by atoms with Crippen LogP contribution >= 0.6 is 0 Å². The molecule has 0 bridgehead atoms. The molecule has 0 unspecified atom stereocenters. The van der Waals surface area contributed by atoms with Crippen LogP contribution in [0.4, 0.5) is 0 Å². The van der Waals surface area contributed by atoms with Gasteiger partial charge >= 0.3 is 5.97 Å². The average Bonchev–Trinajstić information content (AvgIpc) is 2.30. The summed E-state index contributed by atoms with van der Waals surface area (Å²) in [6.07, 6.45) is 5.05. The van der Waals surface area contributed by atoms with Crippen LogP contribution in [0.25, 0.3) is 0 Å². The monoisotopic (exact) mass is 247 g/mol. The highest BCUT2D eigenvalue weighted by atomic mass is 32.2. The smallest absolute Gasteiger partial charge is 0.305 e. The number of ether oxygens (including phenoxy) is 1. The first-order valence-corrected chi connectivity index (χ1v) is 6.87. The highest BCUT2D eigenvalue weighted by Crippen LogP contribution is 2.10. The standard InChI is InChI=1S/C10H17NO4S/c1-15-10(12)6-5-9-16(13,14)11-7-3-2-4-8-11/h2-3H,4-9H2,1H3. The number of esters is 1. The summed E-state index contributed by atoms with van der Waals surface area (Å²) in [7, 11) is -1.92. The van der Waals surface area contributed by atoms with E-state index >= 15 is 0 Å². The lowest BCUT2D eigenvalue weighted by atomic mass is 10.3. The zero-order valence-corrected chi connectivity index (χ0v) is 10.2. The second kappa shape index (κ2) is 6.00. The molecule has 0 saturated carbocycles. The Balaban J connectivity index is 2.39. The van der Waals surface area contributed by atoms with Crippen molar-refractivity contribution in [2.75, 3.05) is 26.0 Å². The number of sulfonamides is 1. The normalized spacial score (nSPS) is 17.3. The Morgan fingerprint density at radius 1 is 1.44 bits per heavy atom. The van der Waals surface area contributed by atoms with Crippen LogP contribution < -0.4 is 0 Å². The summed E-state index contributed by atoms with van der Waals surface area (Å²) in [4.78, 5) is 10.8. The van der Waals surface area contributed by atoms with Gasteiger partial charge in [-0.05, 0) is 12.8 Å². The van der Waals surface area contributed by atoms with E-state index in [0.717, 1.165) is 6.42 Å². The van der Waals surface area contributed by atoms with Crippen molar-refractivity contribution in [1.29, 1.82) is 0 Å². The van der Waals surface area contributed by atoms with Gasteiger partial charge < -0.3 is 4.74 Å². The molecule has 5 nitrogen and oxygen atoms in total. The zero-order valence-electron chi connectivity index (χ0n) is 9.39. The van der Waals surface area contributed by atoms with Crippen molar-refractivity contribution < 1.29 is 17.9 Å². The molecule has 0 amide bonds. The lowest BCUT2D eigenvalue weighted by Gasteiger charge is -2.22. The van der Waals surface area contributed by atoms with E-state index in [1.165, 1.54) is 11.4 Å². The maximum Gasteiger partial charge on any atom is 0.305 e. The Hall–Kier alpha value is -0.880. The first kappa shape index (κ1) is 13.2. The highest BCUT2D eigenvalue weighted by Gasteiger charge is 2.21. The number of carbonyl (C=O) groups is 1. The molecular formula is C10H17NO4S. The number of hydrogen-bond acceptors (Lipinski definition) is 4. The van der Waals surface area contributed by atoms with E-state index in [1.54, 1.807) is 0 Å². The number of carbonyl (C=O) groups excluding carboxylic acids is 1. The molecule has 0 spiro atoms. The Kier molecular flexibility index (Phi) is 4.95. The van der Waals surface area contributed by atoms with Gasteiger partial charge in [0.1, 0.15) is 0 Å². The minimum atomic E-state index is -3.21. The summed E-state index contributed by atoms with van der Waals surface area (Å²) >= 11 is 0. The molecule has 0 fully saturated rings. The topological polar surface area (TPSA) is 63.7 Å². The van der Waals surface area contributed by atoms with E-state index in [4.69, 9.17) is 0 Å². The van der Waals surface area contributed by atoms with E-state index in [1.807, 2.05) is 12.2 Å². The quantitative estimate of drug-likeness (QED) is 0.525. The van der Waals surface area contributed by atoms with Gasteiger partial charge in [-0.2, -0.15) is 4.31 Å². The summed E-state index contributed by atoms with van der Waals surface area (Å²) < 4.78 is 29.5. The van der Waals surface area contributed by atoms with Crippen molar-refractivity contribution in [1.82, 2.24) is 4.31 Å². The van der Waals surface area contributed by atoms with Gasteiger partial charge in [0.2, 0.25) is 10.0 Å². The fourth-order valence-corrected chi connectivity index (χ4v) is 2.97. The summed E-state index contributed by atoms with van der Waals surface area (Å²) in [6.45, 7) is 0.984. The molecule has 16 heavy (non-hydrogen) atoms. The van der Waals surface area contributed by atoms with Crippen LogP contribution in [0.3, 0.4) is 0 Å². The SMILES string of the molecule is COC(=O)CCCS(=O)(=O)N1CC=CCC1. The van der Waals surface area contributed by atoms with Crippen molar-refractivity contribution in [3.05, 3.63) is 12.2 Å². The molecule has 1 aliphatic heterocycles. The van der Waals surface area contributed by atoms with Gasteiger partial charge in [0.15, 0.2) is 0 Å². The van der Waals surface area contributed by atoms with E-state index < -0.39 is 10.0 Å². The Labute approximate surface area is 96.1 Å². The molecule has 0 radical (unpaired) electrons. The van der Waals surface area contributed by atoms with Crippen molar-refractivity contribution in [3.8, 4) is 0 Å². The van der Waals surface area contributed by atoms with Crippen LogP contribution in [-0.4, -0.2) is 44.6 Å². The number of hydrogen-bond donors (Lipinski definition) is 0. The molecule has 0 aliphatic carbocycles. The molecule has 92 valence electrons. The maximum absolute atomic E-state index is 11.8. The molecular weight excluding hydrogens is 230 g/mol. The number of methoxy groups -OCH3 is 1. The minimum absolute atomic E-state index is 0.00986. The second-order valence-electron chi connectivity index (χ2n) is 3.61. The fraction of sp³-hybridized carbons (Fsp3) is 0.700. The van der Waals surface area contributed by atoms with E-state index in [0.29, 0.717) is 19.5 Å². The molecule has 0 aromatic heterocycles.